The van der Waals surface area contributed by atoms with Gasteiger partial charge in [-0.25, -0.2) is 4.98 Å². The minimum Gasteiger partial charge on any atom is -0.481 e. The number of fused-ring (bicyclic) bond motifs is 1. The van der Waals surface area contributed by atoms with Crippen LogP contribution in [0.3, 0.4) is 0 Å². The molecule has 31 heavy (non-hydrogen) atoms. The molecular formula is C23H28N4O4. The van der Waals surface area contributed by atoms with Crippen molar-refractivity contribution in [2.45, 2.75) is 38.1 Å². The number of amides is 2. The first-order valence-electron chi connectivity index (χ1n) is 10.6. The maximum atomic E-state index is 12.7. The molecule has 0 saturated heterocycles. The Labute approximate surface area is 181 Å². The summed E-state index contributed by atoms with van der Waals surface area (Å²) >= 11 is 0. The molecule has 0 radical (unpaired) electrons. The number of pyridine rings is 1. The maximum Gasteiger partial charge on any atom is 0.305 e. The van der Waals surface area contributed by atoms with Gasteiger partial charge in [0.1, 0.15) is 5.82 Å². The maximum absolute atomic E-state index is 12.7. The monoisotopic (exact) mass is 424 g/mol. The number of aromatic nitrogens is 1. The molecule has 1 aromatic heterocycles. The van der Waals surface area contributed by atoms with E-state index >= 15 is 0 Å². The number of hydrogen-bond donors (Lipinski definition) is 3. The first-order valence-corrected chi connectivity index (χ1v) is 10.6. The standard InChI is InChI=1S/C23H28N4O4/c28-21(10-4-6-13-25-20-9-3-5-12-24-20)26-16-22(29)27-14-11-17-7-1-2-8-18(17)19(27)15-23(30)31/h1-3,5,7-9,12,19H,4,6,10-11,13-16H2,(H,24,25)(H,26,28)(H,30,31). The van der Waals surface area contributed by atoms with E-state index in [1.807, 2.05) is 42.5 Å². The van der Waals surface area contributed by atoms with E-state index in [1.165, 1.54) is 0 Å². The summed E-state index contributed by atoms with van der Waals surface area (Å²) in [5.41, 5.74) is 1.94. The molecule has 0 spiro atoms. The van der Waals surface area contributed by atoms with E-state index in [-0.39, 0.29) is 24.8 Å². The van der Waals surface area contributed by atoms with Crippen molar-refractivity contribution >= 4 is 23.6 Å². The highest BCUT2D eigenvalue weighted by atomic mass is 16.4. The molecule has 3 N–H and O–H groups in total. The van der Waals surface area contributed by atoms with Crippen LogP contribution in [0.2, 0.25) is 0 Å². The summed E-state index contributed by atoms with van der Waals surface area (Å²) in [5.74, 6) is -0.594. The summed E-state index contributed by atoms with van der Waals surface area (Å²) in [7, 11) is 0. The average Bonchev–Trinajstić information content (AvgIpc) is 2.78. The molecule has 1 atom stereocenters. The predicted molar refractivity (Wildman–Crippen MR) is 116 cm³/mol. The lowest BCUT2D eigenvalue weighted by Gasteiger charge is -2.36. The van der Waals surface area contributed by atoms with E-state index in [0.717, 1.165) is 23.4 Å². The third-order valence-electron chi connectivity index (χ3n) is 5.34. The molecule has 1 unspecified atom stereocenters. The van der Waals surface area contributed by atoms with Gasteiger partial charge in [-0.1, -0.05) is 30.3 Å². The number of unbranched alkanes of at least 4 members (excludes halogenated alkanes) is 1. The normalized spacial score (nSPS) is 15.1. The number of nitrogens with one attached hydrogen (secondary N) is 2. The number of anilines is 1. The van der Waals surface area contributed by atoms with Crippen LogP contribution in [0.15, 0.2) is 48.7 Å². The van der Waals surface area contributed by atoms with Crippen molar-refractivity contribution in [3.8, 4) is 0 Å². The largest absolute Gasteiger partial charge is 0.481 e. The first kappa shape index (κ1) is 22.3. The van der Waals surface area contributed by atoms with Crippen molar-refractivity contribution in [2.75, 3.05) is 25.0 Å². The highest BCUT2D eigenvalue weighted by Crippen LogP contribution is 2.32. The minimum atomic E-state index is -0.956. The number of aliphatic carboxylic acids is 1. The van der Waals surface area contributed by atoms with Crippen molar-refractivity contribution in [3.63, 3.8) is 0 Å². The molecule has 1 aromatic carbocycles. The van der Waals surface area contributed by atoms with Crippen LogP contribution in [0.4, 0.5) is 5.82 Å². The third-order valence-corrected chi connectivity index (χ3v) is 5.34. The number of rotatable bonds is 10. The molecule has 164 valence electrons. The minimum absolute atomic E-state index is 0.122. The van der Waals surface area contributed by atoms with Crippen LogP contribution < -0.4 is 10.6 Å². The molecule has 0 bridgehead atoms. The van der Waals surface area contributed by atoms with E-state index in [2.05, 4.69) is 15.6 Å². The average molecular weight is 425 g/mol. The molecule has 1 aliphatic rings. The fraction of sp³-hybridized carbons (Fsp3) is 0.391. The number of hydrogen-bond acceptors (Lipinski definition) is 5. The Bertz CT molecular complexity index is 903. The summed E-state index contributed by atoms with van der Waals surface area (Å²) in [6.45, 7) is 1.04. The molecule has 8 heteroatoms. The van der Waals surface area contributed by atoms with Gasteiger partial charge in [-0.2, -0.15) is 0 Å². The van der Waals surface area contributed by atoms with E-state index in [0.29, 0.717) is 32.4 Å². The number of benzene rings is 1. The second kappa shape index (κ2) is 11.1. The molecule has 8 nitrogen and oxygen atoms in total. The van der Waals surface area contributed by atoms with Gasteiger partial charge in [-0.3, -0.25) is 14.4 Å². The Balaban J connectivity index is 1.42. The Morgan fingerprint density at radius 1 is 1.10 bits per heavy atom. The number of nitrogens with zero attached hydrogens (tertiary/aromatic N) is 2. The number of carbonyl (C=O) groups is 3. The Morgan fingerprint density at radius 3 is 2.68 bits per heavy atom. The van der Waals surface area contributed by atoms with Crippen LogP contribution in [0, 0.1) is 0 Å². The van der Waals surface area contributed by atoms with Gasteiger partial charge in [-0.15, -0.1) is 0 Å². The molecule has 2 heterocycles. The second-order valence-electron chi connectivity index (χ2n) is 7.53. The molecule has 0 fully saturated rings. The third kappa shape index (κ3) is 6.53. The van der Waals surface area contributed by atoms with Crippen LogP contribution >= 0.6 is 0 Å². The predicted octanol–water partition coefficient (Wildman–Crippen LogP) is 2.38. The summed E-state index contributed by atoms with van der Waals surface area (Å²) in [6.07, 6.45) is 4.07. The number of carboxylic acids is 1. The highest BCUT2D eigenvalue weighted by molar-refractivity contribution is 5.85. The quantitative estimate of drug-likeness (QED) is 0.505. The fourth-order valence-electron chi connectivity index (χ4n) is 3.79. The number of carboxylic acid groups (broad SMARTS) is 1. The lowest BCUT2D eigenvalue weighted by atomic mass is 9.90. The number of carbonyl (C=O) groups excluding carboxylic acids is 2. The molecular weight excluding hydrogens is 396 g/mol. The fourth-order valence-corrected chi connectivity index (χ4v) is 3.79. The summed E-state index contributed by atoms with van der Waals surface area (Å²) in [5, 5.41) is 15.2. The van der Waals surface area contributed by atoms with Gasteiger partial charge in [-0.05, 0) is 42.5 Å². The summed E-state index contributed by atoms with van der Waals surface area (Å²) in [6, 6.07) is 12.7. The highest BCUT2D eigenvalue weighted by Gasteiger charge is 2.32. The van der Waals surface area contributed by atoms with Gasteiger partial charge >= 0.3 is 5.97 Å². The van der Waals surface area contributed by atoms with E-state index in [4.69, 9.17) is 0 Å². The zero-order chi connectivity index (χ0) is 22.1. The topological polar surface area (TPSA) is 112 Å². The molecule has 1 aliphatic heterocycles. The van der Waals surface area contributed by atoms with Crippen molar-refractivity contribution in [1.29, 1.82) is 0 Å². The molecule has 2 amide bonds. The van der Waals surface area contributed by atoms with Crippen LogP contribution in [0.25, 0.3) is 0 Å². The summed E-state index contributed by atoms with van der Waals surface area (Å²) < 4.78 is 0. The van der Waals surface area contributed by atoms with Crippen molar-refractivity contribution in [1.82, 2.24) is 15.2 Å². The Kier molecular flexibility index (Phi) is 7.98. The Morgan fingerprint density at radius 2 is 1.90 bits per heavy atom. The lowest BCUT2D eigenvalue weighted by Crippen LogP contribution is -2.45. The molecule has 2 aromatic rings. The van der Waals surface area contributed by atoms with Gasteiger partial charge in [0.05, 0.1) is 19.0 Å². The smallest absolute Gasteiger partial charge is 0.305 e. The molecule has 3 rings (SSSR count). The van der Waals surface area contributed by atoms with Gasteiger partial charge in [0.25, 0.3) is 0 Å². The SMILES string of the molecule is O=C(O)CC1c2ccccc2CCN1C(=O)CNC(=O)CCCCNc1ccccn1. The van der Waals surface area contributed by atoms with Crippen molar-refractivity contribution in [3.05, 3.63) is 59.8 Å². The van der Waals surface area contributed by atoms with Gasteiger partial charge in [0, 0.05) is 25.7 Å². The van der Waals surface area contributed by atoms with Gasteiger partial charge < -0.3 is 20.6 Å². The zero-order valence-electron chi connectivity index (χ0n) is 17.4. The van der Waals surface area contributed by atoms with Gasteiger partial charge in [0.15, 0.2) is 0 Å². The van der Waals surface area contributed by atoms with Crippen LogP contribution in [0.1, 0.15) is 42.9 Å². The molecule has 0 saturated carbocycles. The van der Waals surface area contributed by atoms with E-state index in [9.17, 15) is 19.5 Å². The Hall–Kier alpha value is -3.42. The van der Waals surface area contributed by atoms with Crippen LogP contribution in [-0.2, 0) is 20.8 Å². The van der Waals surface area contributed by atoms with Crippen LogP contribution in [-0.4, -0.2) is 52.4 Å². The molecule has 0 aliphatic carbocycles. The lowest BCUT2D eigenvalue weighted by molar-refractivity contribution is -0.141. The van der Waals surface area contributed by atoms with E-state index in [1.54, 1.807) is 11.1 Å². The summed E-state index contributed by atoms with van der Waals surface area (Å²) in [4.78, 5) is 42.0. The van der Waals surface area contributed by atoms with Crippen LogP contribution in [0.5, 0.6) is 0 Å². The van der Waals surface area contributed by atoms with Crippen molar-refractivity contribution in [2.24, 2.45) is 0 Å². The second-order valence-corrected chi connectivity index (χ2v) is 7.53. The van der Waals surface area contributed by atoms with Crippen molar-refractivity contribution < 1.29 is 19.5 Å². The zero-order valence-corrected chi connectivity index (χ0v) is 17.4. The van der Waals surface area contributed by atoms with E-state index < -0.39 is 12.0 Å². The first-order chi connectivity index (χ1) is 15.0. The van der Waals surface area contributed by atoms with Gasteiger partial charge in [0.2, 0.25) is 11.8 Å².